The minimum Gasteiger partial charge on any atom is -0.489 e. The summed E-state index contributed by atoms with van der Waals surface area (Å²) in [6.45, 7) is 2.31. The number of nitrogens with one attached hydrogen (secondary N) is 2. The molecule has 146 valence electrons. The van der Waals surface area contributed by atoms with E-state index in [4.69, 9.17) is 16.3 Å². The highest BCUT2D eigenvalue weighted by Crippen LogP contribution is 2.20. The zero-order valence-electron chi connectivity index (χ0n) is 14.8. The first-order valence-electron chi connectivity index (χ1n) is 8.43. The van der Waals surface area contributed by atoms with Crippen LogP contribution in [0.25, 0.3) is 0 Å². The molecule has 1 heterocycles. The van der Waals surface area contributed by atoms with Crippen LogP contribution in [-0.4, -0.2) is 62.4 Å². The lowest BCUT2D eigenvalue weighted by molar-refractivity contribution is -0.143. The molecule has 0 bridgehead atoms. The van der Waals surface area contributed by atoms with Crippen LogP contribution in [0.3, 0.4) is 0 Å². The fraction of sp³-hybridized carbons (Fsp3) is 0.588. The molecule has 2 rings (SSSR count). The number of aliphatic imine (C=N–C) groups is 1. The SMILES string of the molecule is CN=C(NCC(C)Oc1ccc(Cl)cc1)NC1CCN(CC(F)(F)F)C1. The Balaban J connectivity index is 1.73. The molecule has 0 aliphatic carbocycles. The van der Waals surface area contributed by atoms with E-state index >= 15 is 0 Å². The molecule has 0 radical (unpaired) electrons. The molecular weight excluding hydrogens is 369 g/mol. The van der Waals surface area contributed by atoms with Crippen LogP contribution >= 0.6 is 11.6 Å². The van der Waals surface area contributed by atoms with Crippen molar-refractivity contribution in [1.29, 1.82) is 0 Å². The number of alkyl halides is 3. The van der Waals surface area contributed by atoms with E-state index in [2.05, 4.69) is 15.6 Å². The van der Waals surface area contributed by atoms with E-state index in [-0.39, 0.29) is 12.1 Å². The number of benzene rings is 1. The molecule has 9 heteroatoms. The Kier molecular flexibility index (Phi) is 7.40. The van der Waals surface area contributed by atoms with E-state index in [1.165, 1.54) is 4.90 Å². The third-order valence-corrected chi connectivity index (χ3v) is 4.20. The number of hydrogen-bond acceptors (Lipinski definition) is 3. The molecule has 1 saturated heterocycles. The molecule has 1 aromatic rings. The number of likely N-dealkylation sites (tertiary alicyclic amines) is 1. The molecular formula is C17H24ClF3N4O. The second-order valence-electron chi connectivity index (χ2n) is 6.32. The molecule has 2 unspecified atom stereocenters. The van der Waals surface area contributed by atoms with Crippen LogP contribution in [0.4, 0.5) is 13.2 Å². The van der Waals surface area contributed by atoms with Gasteiger partial charge in [-0.25, -0.2) is 0 Å². The van der Waals surface area contributed by atoms with Gasteiger partial charge in [-0.1, -0.05) is 11.6 Å². The number of nitrogens with zero attached hydrogens (tertiary/aromatic N) is 2. The van der Waals surface area contributed by atoms with Gasteiger partial charge in [-0.2, -0.15) is 13.2 Å². The van der Waals surface area contributed by atoms with Crippen molar-refractivity contribution in [2.45, 2.75) is 31.7 Å². The summed E-state index contributed by atoms with van der Waals surface area (Å²) < 4.78 is 43.1. The summed E-state index contributed by atoms with van der Waals surface area (Å²) in [6.07, 6.45) is -3.64. The highest BCUT2D eigenvalue weighted by Gasteiger charge is 2.34. The summed E-state index contributed by atoms with van der Waals surface area (Å²) in [7, 11) is 1.63. The van der Waals surface area contributed by atoms with E-state index in [0.29, 0.717) is 42.8 Å². The molecule has 1 aliphatic heterocycles. The first-order valence-corrected chi connectivity index (χ1v) is 8.81. The Bertz CT molecular complexity index is 595. The largest absolute Gasteiger partial charge is 0.489 e. The van der Waals surface area contributed by atoms with Gasteiger partial charge in [-0.05, 0) is 37.6 Å². The van der Waals surface area contributed by atoms with E-state index in [1.807, 2.05) is 6.92 Å². The molecule has 2 atom stereocenters. The summed E-state index contributed by atoms with van der Waals surface area (Å²) in [6, 6.07) is 7.03. The molecule has 0 spiro atoms. The average molecular weight is 393 g/mol. The van der Waals surface area contributed by atoms with Crippen molar-refractivity contribution in [1.82, 2.24) is 15.5 Å². The lowest BCUT2D eigenvalue weighted by Crippen LogP contribution is -2.47. The van der Waals surface area contributed by atoms with Crippen LogP contribution < -0.4 is 15.4 Å². The van der Waals surface area contributed by atoms with Gasteiger partial charge in [-0.15, -0.1) is 0 Å². The molecule has 1 aromatic carbocycles. The minimum absolute atomic E-state index is 0.0592. The van der Waals surface area contributed by atoms with Gasteiger partial charge in [0.1, 0.15) is 11.9 Å². The first-order chi connectivity index (χ1) is 12.2. The van der Waals surface area contributed by atoms with Crippen LogP contribution in [0.15, 0.2) is 29.3 Å². The van der Waals surface area contributed by atoms with Crippen molar-refractivity contribution >= 4 is 17.6 Å². The quantitative estimate of drug-likeness (QED) is 0.577. The number of rotatable bonds is 6. The summed E-state index contributed by atoms with van der Waals surface area (Å²) in [5.41, 5.74) is 0. The van der Waals surface area contributed by atoms with Crippen molar-refractivity contribution in [2.75, 3.05) is 33.2 Å². The maximum Gasteiger partial charge on any atom is 0.401 e. The minimum atomic E-state index is -4.16. The predicted molar refractivity (Wildman–Crippen MR) is 96.9 cm³/mol. The third kappa shape index (κ3) is 7.29. The molecule has 26 heavy (non-hydrogen) atoms. The first kappa shape index (κ1) is 20.6. The Hall–Kier alpha value is -1.67. The van der Waals surface area contributed by atoms with Crippen molar-refractivity contribution in [3.63, 3.8) is 0 Å². The van der Waals surface area contributed by atoms with E-state index in [9.17, 15) is 13.2 Å². The fourth-order valence-electron chi connectivity index (χ4n) is 2.76. The smallest absolute Gasteiger partial charge is 0.401 e. The molecule has 0 amide bonds. The highest BCUT2D eigenvalue weighted by molar-refractivity contribution is 6.30. The van der Waals surface area contributed by atoms with Gasteiger partial charge in [0.05, 0.1) is 13.1 Å². The predicted octanol–water partition coefficient (Wildman–Crippen LogP) is 2.91. The number of halogens is 4. The fourth-order valence-corrected chi connectivity index (χ4v) is 2.89. The van der Waals surface area contributed by atoms with Crippen molar-refractivity contribution in [3.05, 3.63) is 29.3 Å². The Morgan fingerprint density at radius 3 is 2.69 bits per heavy atom. The Morgan fingerprint density at radius 2 is 2.08 bits per heavy atom. The Labute approximate surface area is 156 Å². The summed E-state index contributed by atoms with van der Waals surface area (Å²) in [5.74, 6) is 1.26. The zero-order chi connectivity index (χ0) is 19.2. The van der Waals surface area contributed by atoms with E-state index in [0.717, 1.165) is 0 Å². The van der Waals surface area contributed by atoms with Crippen molar-refractivity contribution in [3.8, 4) is 5.75 Å². The van der Waals surface area contributed by atoms with Crippen molar-refractivity contribution in [2.24, 2.45) is 4.99 Å². The normalized spacial score (nSPS) is 20.1. The highest BCUT2D eigenvalue weighted by atomic mass is 35.5. The topological polar surface area (TPSA) is 48.9 Å². The summed E-state index contributed by atoms with van der Waals surface area (Å²) in [4.78, 5) is 5.52. The molecule has 1 fully saturated rings. The second kappa shape index (κ2) is 9.32. The third-order valence-electron chi connectivity index (χ3n) is 3.95. The van der Waals surface area contributed by atoms with E-state index in [1.54, 1.807) is 31.3 Å². The van der Waals surface area contributed by atoms with Gasteiger partial charge in [0.25, 0.3) is 0 Å². The summed E-state index contributed by atoms with van der Waals surface area (Å²) in [5, 5.41) is 6.95. The molecule has 0 aromatic heterocycles. The monoisotopic (exact) mass is 392 g/mol. The molecule has 1 aliphatic rings. The van der Waals surface area contributed by atoms with Crippen LogP contribution in [-0.2, 0) is 0 Å². The number of hydrogen-bond donors (Lipinski definition) is 2. The van der Waals surface area contributed by atoms with Crippen LogP contribution in [0.1, 0.15) is 13.3 Å². The van der Waals surface area contributed by atoms with Gasteiger partial charge in [-0.3, -0.25) is 9.89 Å². The van der Waals surface area contributed by atoms with Crippen LogP contribution in [0.2, 0.25) is 5.02 Å². The van der Waals surface area contributed by atoms with Crippen LogP contribution in [0.5, 0.6) is 5.75 Å². The van der Waals surface area contributed by atoms with Gasteiger partial charge in [0.15, 0.2) is 5.96 Å². The standard InChI is InChI=1S/C17H24ClF3N4O/c1-12(26-15-5-3-13(18)4-6-15)9-23-16(22-2)24-14-7-8-25(10-14)11-17(19,20)21/h3-6,12,14H,7-11H2,1-2H3,(H2,22,23,24). The second-order valence-corrected chi connectivity index (χ2v) is 6.75. The maximum atomic E-state index is 12.5. The van der Waals surface area contributed by atoms with Crippen molar-refractivity contribution < 1.29 is 17.9 Å². The maximum absolute atomic E-state index is 12.5. The number of ether oxygens (including phenoxy) is 1. The van der Waals surface area contributed by atoms with E-state index < -0.39 is 12.7 Å². The average Bonchev–Trinajstić information content (AvgIpc) is 2.98. The van der Waals surface area contributed by atoms with Gasteiger partial charge < -0.3 is 15.4 Å². The van der Waals surface area contributed by atoms with Gasteiger partial charge >= 0.3 is 6.18 Å². The number of guanidine groups is 1. The van der Waals surface area contributed by atoms with Gasteiger partial charge in [0.2, 0.25) is 0 Å². The lowest BCUT2D eigenvalue weighted by atomic mass is 10.3. The zero-order valence-corrected chi connectivity index (χ0v) is 15.6. The van der Waals surface area contributed by atoms with Crippen LogP contribution in [0, 0.1) is 0 Å². The van der Waals surface area contributed by atoms with Gasteiger partial charge in [0, 0.05) is 31.2 Å². The molecule has 2 N–H and O–H groups in total. The lowest BCUT2D eigenvalue weighted by Gasteiger charge is -2.21. The molecule has 0 saturated carbocycles. The summed E-state index contributed by atoms with van der Waals surface area (Å²) >= 11 is 5.84. The molecule has 5 nitrogen and oxygen atoms in total. The Morgan fingerprint density at radius 1 is 1.38 bits per heavy atom.